The first-order valence-corrected chi connectivity index (χ1v) is 8.47. The van der Waals surface area contributed by atoms with E-state index in [1.54, 1.807) is 12.1 Å². The van der Waals surface area contributed by atoms with Gasteiger partial charge in [-0.25, -0.2) is 9.67 Å². The van der Waals surface area contributed by atoms with E-state index < -0.39 is 0 Å². The number of nitrogens with zero attached hydrogens (tertiary/aromatic N) is 5. The first-order valence-electron chi connectivity index (χ1n) is 7.71. The van der Waals surface area contributed by atoms with Crippen LogP contribution in [0.4, 0.5) is 5.82 Å². The summed E-state index contributed by atoms with van der Waals surface area (Å²) in [6.45, 7) is 0. The van der Waals surface area contributed by atoms with Crippen LogP contribution in [0.15, 0.2) is 47.5 Å². The van der Waals surface area contributed by atoms with Gasteiger partial charge in [0, 0.05) is 16.8 Å². The Balaban J connectivity index is 2.17. The molecular formula is C19H11Cl2N5O. The summed E-state index contributed by atoms with van der Waals surface area (Å²) in [4.78, 5) is 4.34. The second kappa shape index (κ2) is 7.92. The minimum absolute atomic E-state index is 0.0283. The van der Waals surface area contributed by atoms with Crippen molar-refractivity contribution < 1.29 is 5.11 Å². The quantitative estimate of drug-likeness (QED) is 0.653. The van der Waals surface area contributed by atoms with Gasteiger partial charge in [-0.15, -0.1) is 0 Å². The number of nitriles is 2. The summed E-state index contributed by atoms with van der Waals surface area (Å²) >= 11 is 11.9. The number of halogens is 2. The highest BCUT2D eigenvalue weighted by atomic mass is 35.5. The number of hydrogen-bond acceptors (Lipinski definition) is 5. The molecule has 1 N–H and O–H groups in total. The van der Waals surface area contributed by atoms with Gasteiger partial charge in [0.05, 0.1) is 28.9 Å². The molecule has 3 aromatic rings. The maximum Gasteiger partial charge on any atom is 0.173 e. The fourth-order valence-corrected chi connectivity index (χ4v) is 2.96. The van der Waals surface area contributed by atoms with Gasteiger partial charge < -0.3 is 5.11 Å². The van der Waals surface area contributed by atoms with Crippen LogP contribution in [0.3, 0.4) is 0 Å². The van der Waals surface area contributed by atoms with Gasteiger partial charge >= 0.3 is 0 Å². The van der Waals surface area contributed by atoms with Crippen molar-refractivity contribution in [3.8, 4) is 23.6 Å². The zero-order valence-electron chi connectivity index (χ0n) is 13.8. The van der Waals surface area contributed by atoms with Crippen LogP contribution in [0.5, 0.6) is 5.75 Å². The van der Waals surface area contributed by atoms with Crippen LogP contribution in [0.25, 0.3) is 5.69 Å². The largest absolute Gasteiger partial charge is 0.506 e. The highest BCUT2D eigenvalue weighted by molar-refractivity contribution is 6.36. The zero-order chi connectivity index (χ0) is 19.4. The summed E-state index contributed by atoms with van der Waals surface area (Å²) < 4.78 is 1.48. The van der Waals surface area contributed by atoms with Crippen molar-refractivity contribution in [3.63, 3.8) is 0 Å². The maximum absolute atomic E-state index is 10.1. The van der Waals surface area contributed by atoms with Gasteiger partial charge in [-0.1, -0.05) is 41.4 Å². The van der Waals surface area contributed by atoms with Gasteiger partial charge in [0.15, 0.2) is 5.82 Å². The summed E-state index contributed by atoms with van der Waals surface area (Å²) in [7, 11) is 0. The lowest BCUT2D eigenvalue weighted by molar-refractivity contribution is 0.475. The number of benzene rings is 2. The predicted molar refractivity (Wildman–Crippen MR) is 103 cm³/mol. The SMILES string of the molecule is N#CCc1nn(-c2ccccc2)c(N=Cc2cc(Cl)cc(Cl)c2O)c1C#N. The van der Waals surface area contributed by atoms with Crippen molar-refractivity contribution in [1.82, 2.24) is 9.78 Å². The first-order chi connectivity index (χ1) is 13.0. The number of hydrogen-bond donors (Lipinski definition) is 1. The second-order valence-corrected chi connectivity index (χ2v) is 6.27. The molecular weight excluding hydrogens is 385 g/mol. The van der Waals surface area contributed by atoms with Gasteiger partial charge in [-0.3, -0.25) is 0 Å². The predicted octanol–water partition coefficient (Wildman–Crippen LogP) is 4.57. The minimum Gasteiger partial charge on any atom is -0.506 e. The monoisotopic (exact) mass is 395 g/mol. The van der Waals surface area contributed by atoms with Crippen molar-refractivity contribution in [2.45, 2.75) is 6.42 Å². The Morgan fingerprint density at radius 1 is 1.19 bits per heavy atom. The molecule has 0 fully saturated rings. The van der Waals surface area contributed by atoms with Crippen LogP contribution in [0, 0.1) is 22.7 Å². The number of aliphatic imine (C=N–C) groups is 1. The Hall–Kier alpha value is -3.32. The number of para-hydroxylation sites is 1. The maximum atomic E-state index is 10.1. The topological polar surface area (TPSA) is 98.0 Å². The summed E-state index contributed by atoms with van der Waals surface area (Å²) in [5.41, 5.74) is 1.48. The molecule has 0 bridgehead atoms. The van der Waals surface area contributed by atoms with E-state index in [2.05, 4.69) is 10.1 Å². The van der Waals surface area contributed by atoms with Crippen molar-refractivity contribution in [1.29, 1.82) is 10.5 Å². The summed E-state index contributed by atoms with van der Waals surface area (Å²) in [6, 6.07) is 16.1. The third kappa shape index (κ3) is 3.78. The van der Waals surface area contributed by atoms with Crippen LogP contribution in [0.1, 0.15) is 16.8 Å². The molecule has 27 heavy (non-hydrogen) atoms. The molecule has 0 aliphatic rings. The Bertz CT molecular complexity index is 1110. The lowest BCUT2D eigenvalue weighted by atomic mass is 10.2. The van der Waals surface area contributed by atoms with E-state index in [9.17, 15) is 10.4 Å². The molecule has 0 atom stereocenters. The molecule has 1 heterocycles. The highest BCUT2D eigenvalue weighted by Crippen LogP contribution is 2.31. The Kier molecular flexibility index (Phi) is 5.42. The minimum atomic E-state index is -0.175. The van der Waals surface area contributed by atoms with E-state index in [1.807, 2.05) is 30.3 Å². The fraction of sp³-hybridized carbons (Fsp3) is 0.0526. The Morgan fingerprint density at radius 2 is 1.93 bits per heavy atom. The molecule has 0 amide bonds. The number of aromatic nitrogens is 2. The van der Waals surface area contributed by atoms with Crippen LogP contribution >= 0.6 is 23.2 Å². The van der Waals surface area contributed by atoms with E-state index in [1.165, 1.54) is 23.0 Å². The summed E-state index contributed by atoms with van der Waals surface area (Å²) in [5.74, 6) is 0.0656. The van der Waals surface area contributed by atoms with Crippen LogP contribution in [-0.2, 0) is 6.42 Å². The molecule has 8 heteroatoms. The average Bonchev–Trinajstić information content (AvgIpc) is 3.01. The van der Waals surface area contributed by atoms with Gasteiger partial charge in [0.2, 0.25) is 0 Å². The average molecular weight is 396 g/mol. The molecule has 6 nitrogen and oxygen atoms in total. The lowest BCUT2D eigenvalue weighted by Gasteiger charge is -2.05. The third-order valence-electron chi connectivity index (χ3n) is 3.68. The first kappa shape index (κ1) is 18.5. The van der Waals surface area contributed by atoms with Crippen LogP contribution in [0.2, 0.25) is 10.0 Å². The van der Waals surface area contributed by atoms with Gasteiger partial charge in [-0.05, 0) is 24.3 Å². The van der Waals surface area contributed by atoms with Gasteiger partial charge in [-0.2, -0.15) is 15.6 Å². The molecule has 0 unspecified atom stereocenters. The van der Waals surface area contributed by atoms with E-state index in [-0.39, 0.29) is 28.6 Å². The molecule has 0 spiro atoms. The van der Waals surface area contributed by atoms with Crippen LogP contribution in [-0.4, -0.2) is 21.1 Å². The standard InChI is InChI=1S/C19H11Cl2N5O/c20-13-8-12(18(27)16(21)9-13)11-24-19-15(10-23)17(6-7-22)25-26(19)14-4-2-1-3-5-14/h1-5,8-9,11,27H,6H2. The summed E-state index contributed by atoms with van der Waals surface area (Å²) in [6.07, 6.45) is 1.32. The van der Waals surface area contributed by atoms with Gasteiger partial charge in [0.1, 0.15) is 17.4 Å². The fourth-order valence-electron chi connectivity index (χ4n) is 2.45. The molecule has 0 saturated heterocycles. The van der Waals surface area contributed by atoms with Gasteiger partial charge in [0.25, 0.3) is 0 Å². The van der Waals surface area contributed by atoms with E-state index in [0.717, 1.165) is 0 Å². The lowest BCUT2D eigenvalue weighted by Crippen LogP contribution is -1.97. The van der Waals surface area contributed by atoms with Crippen molar-refractivity contribution in [2.75, 3.05) is 0 Å². The molecule has 0 aliphatic heterocycles. The highest BCUT2D eigenvalue weighted by Gasteiger charge is 2.18. The van der Waals surface area contributed by atoms with E-state index >= 15 is 0 Å². The van der Waals surface area contributed by atoms with Crippen LogP contribution < -0.4 is 0 Å². The van der Waals surface area contributed by atoms with Crippen molar-refractivity contribution >= 4 is 35.2 Å². The number of rotatable bonds is 4. The normalized spacial score (nSPS) is 10.7. The molecule has 0 radical (unpaired) electrons. The molecule has 3 rings (SSSR count). The van der Waals surface area contributed by atoms with E-state index in [4.69, 9.17) is 28.5 Å². The molecule has 1 aromatic heterocycles. The number of phenolic OH excluding ortho intramolecular Hbond substituents is 1. The molecule has 0 aliphatic carbocycles. The number of aromatic hydroxyl groups is 1. The Morgan fingerprint density at radius 3 is 2.59 bits per heavy atom. The number of phenols is 1. The second-order valence-electron chi connectivity index (χ2n) is 5.42. The zero-order valence-corrected chi connectivity index (χ0v) is 15.3. The third-order valence-corrected chi connectivity index (χ3v) is 4.18. The van der Waals surface area contributed by atoms with E-state index in [0.29, 0.717) is 22.0 Å². The molecule has 0 saturated carbocycles. The molecule has 132 valence electrons. The molecule has 2 aromatic carbocycles. The Labute approximate surface area is 165 Å². The van der Waals surface area contributed by atoms with Crippen molar-refractivity contribution in [3.05, 3.63) is 69.3 Å². The summed E-state index contributed by atoms with van der Waals surface area (Å²) in [5, 5.41) is 33.4. The van der Waals surface area contributed by atoms with Crippen molar-refractivity contribution in [2.24, 2.45) is 4.99 Å². The smallest absolute Gasteiger partial charge is 0.173 e.